The molecule has 0 bridgehead atoms. The lowest BCUT2D eigenvalue weighted by Crippen LogP contribution is -2.56. The highest BCUT2D eigenvalue weighted by molar-refractivity contribution is 5.94. The molecular weight excluding hydrogens is 436 g/mol. The normalized spacial score (nSPS) is 42.1. The Morgan fingerprint density at radius 1 is 0.943 bits per heavy atom. The van der Waals surface area contributed by atoms with Crippen LogP contribution in [0.1, 0.15) is 94.5 Å². The Bertz CT molecular complexity index is 1060. The molecule has 188 valence electrons. The first-order chi connectivity index (χ1) is 16.6. The van der Waals surface area contributed by atoms with Crippen molar-refractivity contribution in [2.75, 3.05) is 6.61 Å². The minimum atomic E-state index is -0.953. The van der Waals surface area contributed by atoms with E-state index < -0.39 is 5.60 Å². The molecule has 5 rings (SSSR count). The number of Topliss-reactive ketones (excluding diaryl/α,β-unsaturated/α-hetero) is 2. The molecule has 2 N–H and O–H groups in total. The lowest BCUT2D eigenvalue weighted by Gasteiger charge is -2.61. The standard InChI is InChI=1S/C31H40O4/c1-20(33)22-6-4-21(5-7-22)12-15-31(35)17-16-29(2)23(18-31)8-9-24-25-10-11-27(28(34)19-32)30(25,3)14-13-26(24)29/h4-7,23-27,32,35H,8-11,13-14,16-19H2,1-3H3/t23-,24?,25?,26?,27?,29-,30-,31+/m0/s1. The van der Waals surface area contributed by atoms with Gasteiger partial charge in [-0.3, -0.25) is 9.59 Å². The van der Waals surface area contributed by atoms with Crippen LogP contribution in [0.5, 0.6) is 0 Å². The molecule has 0 radical (unpaired) electrons. The van der Waals surface area contributed by atoms with Gasteiger partial charge in [-0.1, -0.05) is 37.8 Å². The maximum absolute atomic E-state index is 12.5. The second-order valence-electron chi connectivity index (χ2n) is 12.6. The Balaban J connectivity index is 1.31. The Hall–Kier alpha value is -1.96. The van der Waals surface area contributed by atoms with Gasteiger partial charge in [0.25, 0.3) is 0 Å². The molecule has 1 aromatic rings. The average molecular weight is 477 g/mol. The van der Waals surface area contributed by atoms with Gasteiger partial charge < -0.3 is 10.2 Å². The molecule has 1 aromatic carbocycles. The second kappa shape index (κ2) is 8.86. The highest BCUT2D eigenvalue weighted by Gasteiger charge is 2.61. The third-order valence-electron chi connectivity index (χ3n) is 11.0. The molecule has 4 saturated carbocycles. The van der Waals surface area contributed by atoms with Crippen LogP contribution >= 0.6 is 0 Å². The van der Waals surface area contributed by atoms with Gasteiger partial charge >= 0.3 is 0 Å². The van der Waals surface area contributed by atoms with Crippen molar-refractivity contribution in [3.05, 3.63) is 35.4 Å². The summed E-state index contributed by atoms with van der Waals surface area (Å²) in [5.41, 5.74) is 0.826. The molecule has 0 aromatic heterocycles. The lowest BCUT2D eigenvalue weighted by molar-refractivity contribution is -0.146. The van der Waals surface area contributed by atoms with E-state index in [4.69, 9.17) is 0 Å². The predicted molar refractivity (Wildman–Crippen MR) is 136 cm³/mol. The third kappa shape index (κ3) is 4.09. The van der Waals surface area contributed by atoms with Gasteiger partial charge in [0.15, 0.2) is 11.6 Å². The molecular formula is C31H40O4. The van der Waals surface area contributed by atoms with E-state index in [1.807, 2.05) is 12.1 Å². The molecule has 4 aliphatic rings. The highest BCUT2D eigenvalue weighted by Crippen LogP contribution is 2.68. The van der Waals surface area contributed by atoms with E-state index in [1.165, 1.54) is 6.42 Å². The number of benzene rings is 1. The molecule has 4 fully saturated rings. The van der Waals surface area contributed by atoms with Crippen LogP contribution in [-0.2, 0) is 4.79 Å². The quantitative estimate of drug-likeness (QED) is 0.465. The minimum Gasteiger partial charge on any atom is -0.389 e. The van der Waals surface area contributed by atoms with Crippen LogP contribution in [0.25, 0.3) is 0 Å². The largest absolute Gasteiger partial charge is 0.389 e. The zero-order valence-electron chi connectivity index (χ0n) is 21.5. The van der Waals surface area contributed by atoms with Gasteiger partial charge in [0.1, 0.15) is 12.2 Å². The van der Waals surface area contributed by atoms with Gasteiger partial charge in [-0.05, 0) is 111 Å². The monoisotopic (exact) mass is 476 g/mol. The van der Waals surface area contributed by atoms with E-state index in [1.54, 1.807) is 19.1 Å². The summed E-state index contributed by atoms with van der Waals surface area (Å²) in [5, 5.41) is 21.0. The van der Waals surface area contributed by atoms with Crippen LogP contribution < -0.4 is 0 Å². The number of fused-ring (bicyclic) bond motifs is 5. The fourth-order valence-corrected chi connectivity index (χ4v) is 8.97. The number of carbonyl (C=O) groups excluding carboxylic acids is 2. The van der Waals surface area contributed by atoms with Crippen LogP contribution in [0.3, 0.4) is 0 Å². The van der Waals surface area contributed by atoms with E-state index in [0.717, 1.165) is 50.5 Å². The van der Waals surface area contributed by atoms with Crippen LogP contribution in [0.4, 0.5) is 0 Å². The maximum Gasteiger partial charge on any atom is 0.161 e. The van der Waals surface area contributed by atoms with Crippen molar-refractivity contribution in [3.8, 4) is 11.8 Å². The summed E-state index contributed by atoms with van der Waals surface area (Å²) >= 11 is 0. The van der Waals surface area contributed by atoms with Gasteiger partial charge in [-0.2, -0.15) is 0 Å². The number of carbonyl (C=O) groups is 2. The summed E-state index contributed by atoms with van der Waals surface area (Å²) in [4.78, 5) is 24.0. The van der Waals surface area contributed by atoms with E-state index in [2.05, 4.69) is 25.7 Å². The summed E-state index contributed by atoms with van der Waals surface area (Å²) in [6.07, 6.45) is 9.04. The number of hydrogen-bond acceptors (Lipinski definition) is 4. The van der Waals surface area contributed by atoms with E-state index in [0.29, 0.717) is 35.7 Å². The van der Waals surface area contributed by atoms with Crippen LogP contribution in [0, 0.1) is 52.3 Å². The summed E-state index contributed by atoms with van der Waals surface area (Å²) in [6, 6.07) is 7.32. The molecule has 4 aliphatic carbocycles. The fourth-order valence-electron chi connectivity index (χ4n) is 8.97. The van der Waals surface area contributed by atoms with Crippen molar-refractivity contribution < 1.29 is 19.8 Å². The van der Waals surface area contributed by atoms with Gasteiger partial charge in [0.2, 0.25) is 0 Å². The van der Waals surface area contributed by atoms with Gasteiger partial charge in [0.05, 0.1) is 0 Å². The summed E-state index contributed by atoms with van der Waals surface area (Å²) < 4.78 is 0. The maximum atomic E-state index is 12.5. The van der Waals surface area contributed by atoms with Crippen molar-refractivity contribution in [1.29, 1.82) is 0 Å². The Labute approximate surface area is 209 Å². The van der Waals surface area contributed by atoms with E-state index >= 15 is 0 Å². The molecule has 8 atom stereocenters. The van der Waals surface area contributed by atoms with Crippen LogP contribution in [-0.4, -0.2) is 34.0 Å². The summed E-state index contributed by atoms with van der Waals surface area (Å²) in [6.45, 7) is 6.03. The molecule has 4 unspecified atom stereocenters. The smallest absolute Gasteiger partial charge is 0.161 e. The Morgan fingerprint density at radius 2 is 1.66 bits per heavy atom. The number of aliphatic hydroxyl groups excluding tert-OH is 1. The molecule has 35 heavy (non-hydrogen) atoms. The SMILES string of the molecule is CC(=O)c1ccc(C#C[C@@]2(O)CC[C@]3(C)C4CC[C@]5(C)C(C(=O)CO)CCC5C4CC[C@H]3C2)cc1. The van der Waals surface area contributed by atoms with Crippen molar-refractivity contribution in [3.63, 3.8) is 0 Å². The van der Waals surface area contributed by atoms with Gasteiger partial charge in [-0.15, -0.1) is 0 Å². The Kier molecular flexibility index (Phi) is 6.26. The highest BCUT2D eigenvalue weighted by atomic mass is 16.3. The zero-order valence-corrected chi connectivity index (χ0v) is 21.5. The van der Waals surface area contributed by atoms with Crippen LogP contribution in [0.2, 0.25) is 0 Å². The number of hydrogen-bond donors (Lipinski definition) is 2. The predicted octanol–water partition coefficient (Wildman–Crippen LogP) is 5.19. The van der Waals surface area contributed by atoms with Crippen molar-refractivity contribution in [1.82, 2.24) is 0 Å². The minimum absolute atomic E-state index is 0.0280. The summed E-state index contributed by atoms with van der Waals surface area (Å²) in [7, 11) is 0. The topological polar surface area (TPSA) is 74.6 Å². The molecule has 4 heteroatoms. The van der Waals surface area contributed by atoms with E-state index in [9.17, 15) is 19.8 Å². The van der Waals surface area contributed by atoms with Crippen molar-refractivity contribution >= 4 is 11.6 Å². The molecule has 0 amide bonds. The molecule has 0 saturated heterocycles. The average Bonchev–Trinajstić information content (AvgIpc) is 3.20. The first-order valence-corrected chi connectivity index (χ1v) is 13.6. The van der Waals surface area contributed by atoms with E-state index in [-0.39, 0.29) is 34.9 Å². The third-order valence-corrected chi connectivity index (χ3v) is 11.0. The summed E-state index contributed by atoms with van der Waals surface area (Å²) in [5.74, 6) is 8.87. The van der Waals surface area contributed by atoms with Gasteiger partial charge in [-0.25, -0.2) is 0 Å². The molecule has 0 heterocycles. The van der Waals surface area contributed by atoms with Crippen molar-refractivity contribution in [2.24, 2.45) is 40.4 Å². The first kappa shape index (κ1) is 24.7. The number of aliphatic hydroxyl groups is 2. The number of ketones is 2. The molecule has 0 spiro atoms. The zero-order chi connectivity index (χ0) is 25.0. The van der Waals surface area contributed by atoms with Gasteiger partial charge in [0, 0.05) is 17.0 Å². The van der Waals surface area contributed by atoms with Crippen molar-refractivity contribution in [2.45, 2.75) is 84.2 Å². The lowest BCUT2D eigenvalue weighted by atomic mass is 9.44. The fraction of sp³-hybridized carbons (Fsp3) is 0.677. The molecule has 0 aliphatic heterocycles. The van der Waals surface area contributed by atoms with Crippen LogP contribution in [0.15, 0.2) is 24.3 Å². The Morgan fingerprint density at radius 3 is 2.34 bits per heavy atom. The number of rotatable bonds is 3. The molecule has 4 nitrogen and oxygen atoms in total. The second-order valence-corrected chi connectivity index (χ2v) is 12.6. The first-order valence-electron chi connectivity index (χ1n) is 13.6.